The van der Waals surface area contributed by atoms with Gasteiger partial charge in [0.1, 0.15) is 0 Å². The Morgan fingerprint density at radius 2 is 1.50 bits per heavy atom. The van der Waals surface area contributed by atoms with E-state index in [1.807, 2.05) is 0 Å². The molecule has 0 heterocycles. The van der Waals surface area contributed by atoms with Gasteiger partial charge in [0.05, 0.1) is 0 Å². The van der Waals surface area contributed by atoms with Gasteiger partial charge in [-0.05, 0) is 49.9 Å². The van der Waals surface area contributed by atoms with Crippen molar-refractivity contribution in [1.82, 2.24) is 5.32 Å². The van der Waals surface area contributed by atoms with Gasteiger partial charge in [-0.3, -0.25) is 0 Å². The molecule has 0 aliphatic heterocycles. The first kappa shape index (κ1) is 13.2. The Kier molecular flexibility index (Phi) is 6.91. The van der Waals surface area contributed by atoms with E-state index in [-0.39, 0.29) is 0 Å². The lowest BCUT2D eigenvalue weighted by molar-refractivity contribution is 0.641. The minimum atomic E-state index is 1.09. The third-order valence-electron chi connectivity index (χ3n) is 2.88. The number of unbranched alkanes of at least 4 members (excludes halogenated alkanes) is 1. The molecule has 0 atom stereocenters. The molecular weight excluding hydrogens is 194 g/mol. The SMILES string of the molecule is CCCc1ccc(CCCCNCC)cc1. The van der Waals surface area contributed by atoms with Gasteiger partial charge >= 0.3 is 0 Å². The molecule has 0 fully saturated rings. The van der Waals surface area contributed by atoms with Crippen LogP contribution in [0.4, 0.5) is 0 Å². The minimum Gasteiger partial charge on any atom is -0.317 e. The van der Waals surface area contributed by atoms with Crippen molar-refractivity contribution in [2.45, 2.75) is 46.0 Å². The Labute approximate surface area is 100 Å². The molecule has 1 nitrogen and oxygen atoms in total. The average molecular weight is 219 g/mol. The van der Waals surface area contributed by atoms with Gasteiger partial charge in [-0.15, -0.1) is 0 Å². The third-order valence-corrected chi connectivity index (χ3v) is 2.88. The Balaban J connectivity index is 2.21. The fourth-order valence-corrected chi connectivity index (χ4v) is 1.92. The molecule has 0 saturated carbocycles. The van der Waals surface area contributed by atoms with Crippen molar-refractivity contribution in [2.24, 2.45) is 0 Å². The smallest absolute Gasteiger partial charge is 0.00489 e. The highest BCUT2D eigenvalue weighted by atomic mass is 14.8. The fourth-order valence-electron chi connectivity index (χ4n) is 1.92. The highest BCUT2D eigenvalue weighted by Gasteiger charge is 1.95. The maximum absolute atomic E-state index is 3.36. The Morgan fingerprint density at radius 3 is 2.06 bits per heavy atom. The van der Waals surface area contributed by atoms with E-state index in [9.17, 15) is 0 Å². The molecule has 1 aromatic rings. The summed E-state index contributed by atoms with van der Waals surface area (Å²) in [5, 5.41) is 3.36. The van der Waals surface area contributed by atoms with Crippen LogP contribution in [0.2, 0.25) is 0 Å². The summed E-state index contributed by atoms with van der Waals surface area (Å²) in [4.78, 5) is 0. The maximum atomic E-state index is 3.36. The molecule has 1 aromatic carbocycles. The van der Waals surface area contributed by atoms with Gasteiger partial charge in [-0.2, -0.15) is 0 Å². The minimum absolute atomic E-state index is 1.09. The zero-order chi connectivity index (χ0) is 11.6. The molecule has 0 spiro atoms. The zero-order valence-electron chi connectivity index (χ0n) is 10.8. The van der Waals surface area contributed by atoms with E-state index in [4.69, 9.17) is 0 Å². The van der Waals surface area contributed by atoms with Crippen molar-refractivity contribution < 1.29 is 0 Å². The van der Waals surface area contributed by atoms with Crippen LogP contribution in [0.3, 0.4) is 0 Å². The van der Waals surface area contributed by atoms with Gasteiger partial charge in [0.2, 0.25) is 0 Å². The highest BCUT2D eigenvalue weighted by molar-refractivity contribution is 5.22. The van der Waals surface area contributed by atoms with Crippen LogP contribution < -0.4 is 5.32 Å². The normalized spacial score (nSPS) is 10.6. The second kappa shape index (κ2) is 8.35. The second-order valence-electron chi connectivity index (χ2n) is 4.38. The standard InChI is InChI=1S/C15H25N/c1-3-7-14-9-11-15(12-10-14)8-5-6-13-16-4-2/h9-12,16H,3-8,13H2,1-2H3. The summed E-state index contributed by atoms with van der Waals surface area (Å²) >= 11 is 0. The number of hydrogen-bond acceptors (Lipinski definition) is 1. The topological polar surface area (TPSA) is 12.0 Å². The van der Waals surface area contributed by atoms with Gasteiger partial charge in [0.25, 0.3) is 0 Å². The lowest BCUT2D eigenvalue weighted by Gasteiger charge is -2.04. The van der Waals surface area contributed by atoms with E-state index in [1.165, 1.54) is 43.2 Å². The van der Waals surface area contributed by atoms with Crippen molar-refractivity contribution >= 4 is 0 Å². The molecule has 0 unspecified atom stereocenters. The van der Waals surface area contributed by atoms with Crippen LogP contribution in [0.25, 0.3) is 0 Å². The monoisotopic (exact) mass is 219 g/mol. The van der Waals surface area contributed by atoms with Gasteiger partial charge < -0.3 is 5.32 Å². The molecule has 90 valence electrons. The largest absolute Gasteiger partial charge is 0.317 e. The quantitative estimate of drug-likeness (QED) is 0.659. The van der Waals surface area contributed by atoms with Crippen LogP contribution >= 0.6 is 0 Å². The number of nitrogens with one attached hydrogen (secondary N) is 1. The van der Waals surface area contributed by atoms with Crippen LogP contribution in [-0.4, -0.2) is 13.1 Å². The first-order chi connectivity index (χ1) is 7.86. The van der Waals surface area contributed by atoms with E-state index >= 15 is 0 Å². The summed E-state index contributed by atoms with van der Waals surface area (Å²) in [7, 11) is 0. The molecule has 0 aliphatic carbocycles. The summed E-state index contributed by atoms with van der Waals surface area (Å²) in [6, 6.07) is 9.14. The maximum Gasteiger partial charge on any atom is -0.00489 e. The number of benzene rings is 1. The molecule has 0 bridgehead atoms. The molecular formula is C15H25N. The van der Waals surface area contributed by atoms with E-state index < -0.39 is 0 Å². The lowest BCUT2D eigenvalue weighted by atomic mass is 10.0. The predicted molar refractivity (Wildman–Crippen MR) is 71.9 cm³/mol. The van der Waals surface area contributed by atoms with E-state index in [1.54, 1.807) is 0 Å². The molecule has 0 aromatic heterocycles. The average Bonchev–Trinajstić information content (AvgIpc) is 2.31. The molecule has 0 amide bonds. The van der Waals surface area contributed by atoms with Crippen LogP contribution in [0, 0.1) is 0 Å². The van der Waals surface area contributed by atoms with Crippen molar-refractivity contribution in [3.8, 4) is 0 Å². The van der Waals surface area contributed by atoms with Crippen molar-refractivity contribution in [3.63, 3.8) is 0 Å². The second-order valence-corrected chi connectivity index (χ2v) is 4.38. The molecule has 1 N–H and O–H groups in total. The van der Waals surface area contributed by atoms with Crippen molar-refractivity contribution in [1.29, 1.82) is 0 Å². The molecule has 1 rings (SSSR count). The van der Waals surface area contributed by atoms with E-state index in [0.29, 0.717) is 0 Å². The highest BCUT2D eigenvalue weighted by Crippen LogP contribution is 2.09. The summed E-state index contributed by atoms with van der Waals surface area (Å²) in [5.74, 6) is 0. The van der Waals surface area contributed by atoms with Gasteiger partial charge in [0.15, 0.2) is 0 Å². The summed E-state index contributed by atoms with van der Waals surface area (Å²) in [5.41, 5.74) is 2.95. The molecule has 16 heavy (non-hydrogen) atoms. The Hall–Kier alpha value is -0.820. The van der Waals surface area contributed by atoms with E-state index in [0.717, 1.165) is 13.1 Å². The van der Waals surface area contributed by atoms with Crippen LogP contribution in [-0.2, 0) is 12.8 Å². The third kappa shape index (κ3) is 5.32. The Morgan fingerprint density at radius 1 is 0.875 bits per heavy atom. The Bertz CT molecular complexity index is 263. The van der Waals surface area contributed by atoms with Crippen molar-refractivity contribution in [3.05, 3.63) is 35.4 Å². The van der Waals surface area contributed by atoms with Gasteiger partial charge in [-0.1, -0.05) is 44.5 Å². The van der Waals surface area contributed by atoms with Gasteiger partial charge in [-0.25, -0.2) is 0 Å². The molecule has 1 heteroatoms. The molecule has 0 saturated heterocycles. The van der Waals surface area contributed by atoms with Crippen molar-refractivity contribution in [2.75, 3.05) is 13.1 Å². The summed E-state index contributed by atoms with van der Waals surface area (Å²) in [6.45, 7) is 6.64. The number of hydrogen-bond donors (Lipinski definition) is 1. The van der Waals surface area contributed by atoms with Gasteiger partial charge in [0, 0.05) is 0 Å². The summed E-state index contributed by atoms with van der Waals surface area (Å²) < 4.78 is 0. The van der Waals surface area contributed by atoms with E-state index in [2.05, 4.69) is 43.4 Å². The zero-order valence-corrected chi connectivity index (χ0v) is 10.8. The lowest BCUT2D eigenvalue weighted by Crippen LogP contribution is -2.13. The number of aryl methyl sites for hydroxylation is 2. The first-order valence-corrected chi connectivity index (χ1v) is 6.65. The van der Waals surface area contributed by atoms with Crippen LogP contribution in [0.1, 0.15) is 44.2 Å². The summed E-state index contributed by atoms with van der Waals surface area (Å²) in [6.07, 6.45) is 6.24. The predicted octanol–water partition coefficient (Wildman–Crippen LogP) is 3.57. The fraction of sp³-hybridized carbons (Fsp3) is 0.600. The number of rotatable bonds is 8. The first-order valence-electron chi connectivity index (χ1n) is 6.65. The molecule has 0 radical (unpaired) electrons. The van der Waals surface area contributed by atoms with Crippen LogP contribution in [0.15, 0.2) is 24.3 Å². The molecule has 0 aliphatic rings. The van der Waals surface area contributed by atoms with Crippen LogP contribution in [0.5, 0.6) is 0 Å².